The maximum absolute atomic E-state index is 14.3. The molecule has 0 spiro atoms. The van der Waals surface area contributed by atoms with E-state index in [0.717, 1.165) is 24.0 Å². The molecule has 4 rings (SSSR count). The van der Waals surface area contributed by atoms with Crippen molar-refractivity contribution in [2.24, 2.45) is 11.3 Å². The van der Waals surface area contributed by atoms with E-state index in [1.54, 1.807) is 30.0 Å². The summed E-state index contributed by atoms with van der Waals surface area (Å²) in [5.74, 6) is -1.28. The lowest BCUT2D eigenvalue weighted by molar-refractivity contribution is -0.160. The molecule has 1 saturated heterocycles. The van der Waals surface area contributed by atoms with Gasteiger partial charge in [0.1, 0.15) is 0 Å². The molecule has 0 aromatic heterocycles. The van der Waals surface area contributed by atoms with Gasteiger partial charge in [-0.05, 0) is 67.0 Å². The van der Waals surface area contributed by atoms with E-state index in [4.69, 9.17) is 23.2 Å². The summed E-state index contributed by atoms with van der Waals surface area (Å²) in [6.07, 6.45) is 2.46. The minimum Gasteiger partial charge on any atom is -0.760 e. The van der Waals surface area contributed by atoms with Gasteiger partial charge in [0.15, 0.2) is 0 Å². The van der Waals surface area contributed by atoms with Crippen molar-refractivity contribution >= 4 is 46.3 Å². The van der Waals surface area contributed by atoms with Gasteiger partial charge in [0.2, 0.25) is 5.91 Å². The van der Waals surface area contributed by atoms with Crippen LogP contribution in [0.3, 0.4) is 0 Å². The Labute approximate surface area is 236 Å². The van der Waals surface area contributed by atoms with Crippen LogP contribution >= 0.6 is 23.2 Å². The Morgan fingerprint density at radius 2 is 1.87 bits per heavy atom. The Balaban J connectivity index is 1.85. The van der Waals surface area contributed by atoms with Crippen molar-refractivity contribution in [1.82, 2.24) is 9.21 Å². The minimum absolute atomic E-state index is 0.143. The Morgan fingerprint density at radius 1 is 1.18 bits per heavy atom. The SMILES string of the molecule is CC[C@@H](CN(CC1CC1)S(=O)[O-])N1C(=O)[C@](C)(CC(=O)O)C[C@H](c2cccc(Cl)c2)[C@H]1c1ccc(Cl)cc1. The third-order valence-corrected chi connectivity index (χ3v) is 8.99. The molecular weight excluding hydrogens is 547 g/mol. The highest BCUT2D eigenvalue weighted by Crippen LogP contribution is 2.52. The first-order chi connectivity index (χ1) is 18.0. The third-order valence-electron chi connectivity index (χ3n) is 7.78. The van der Waals surface area contributed by atoms with Crippen LogP contribution in [0.1, 0.15) is 69.0 Å². The number of hydrogen-bond acceptors (Lipinski definition) is 4. The second kappa shape index (κ2) is 12.0. The largest absolute Gasteiger partial charge is 0.760 e. The molecule has 0 radical (unpaired) electrons. The molecule has 1 unspecified atom stereocenters. The summed E-state index contributed by atoms with van der Waals surface area (Å²) in [7, 11) is 0. The number of aliphatic carboxylic acids is 1. The molecule has 5 atom stereocenters. The van der Waals surface area contributed by atoms with Gasteiger partial charge >= 0.3 is 5.97 Å². The monoisotopic (exact) mass is 579 g/mol. The number of halogens is 2. The van der Waals surface area contributed by atoms with Gasteiger partial charge in [0, 0.05) is 46.4 Å². The number of benzene rings is 2. The van der Waals surface area contributed by atoms with Crippen molar-refractivity contribution in [2.75, 3.05) is 13.1 Å². The van der Waals surface area contributed by atoms with Crippen LogP contribution < -0.4 is 0 Å². The zero-order chi connectivity index (χ0) is 27.6. The molecule has 1 aliphatic heterocycles. The number of carboxylic acids is 1. The van der Waals surface area contributed by atoms with Crippen molar-refractivity contribution < 1.29 is 23.5 Å². The topological polar surface area (TPSA) is 101 Å². The molecule has 2 aromatic rings. The van der Waals surface area contributed by atoms with E-state index in [1.807, 2.05) is 37.3 Å². The van der Waals surface area contributed by atoms with Gasteiger partial charge < -0.3 is 14.6 Å². The highest BCUT2D eigenvalue weighted by atomic mass is 35.5. The van der Waals surface area contributed by atoms with E-state index in [-0.39, 0.29) is 24.8 Å². The molecule has 1 amide bonds. The van der Waals surface area contributed by atoms with Crippen LogP contribution in [0, 0.1) is 11.3 Å². The van der Waals surface area contributed by atoms with E-state index in [1.165, 1.54) is 4.31 Å². The first-order valence-electron chi connectivity index (χ1n) is 12.9. The Hall–Kier alpha value is -1.97. The summed E-state index contributed by atoms with van der Waals surface area (Å²) in [6, 6.07) is 13.8. The second-order valence-electron chi connectivity index (χ2n) is 10.8. The lowest BCUT2D eigenvalue weighted by Gasteiger charge is -2.52. The van der Waals surface area contributed by atoms with E-state index < -0.39 is 34.7 Å². The normalized spacial score (nSPS) is 25.4. The van der Waals surface area contributed by atoms with E-state index in [2.05, 4.69) is 0 Å². The number of carbonyl (C=O) groups excluding carboxylic acids is 1. The van der Waals surface area contributed by atoms with Crippen molar-refractivity contribution in [3.63, 3.8) is 0 Å². The Bertz CT molecular complexity index is 1190. The van der Waals surface area contributed by atoms with Crippen LogP contribution in [-0.2, 0) is 20.9 Å². The summed E-state index contributed by atoms with van der Waals surface area (Å²) in [6.45, 7) is 4.19. The first-order valence-corrected chi connectivity index (χ1v) is 14.7. The maximum Gasteiger partial charge on any atom is 0.304 e. The predicted octanol–water partition coefficient (Wildman–Crippen LogP) is 5.82. The summed E-state index contributed by atoms with van der Waals surface area (Å²) >= 11 is 10.1. The number of amides is 1. The fourth-order valence-corrected chi connectivity index (χ4v) is 6.67. The molecule has 0 bridgehead atoms. The fraction of sp³-hybridized carbons (Fsp3) is 0.500. The van der Waals surface area contributed by atoms with Crippen molar-refractivity contribution in [3.05, 3.63) is 69.7 Å². The van der Waals surface area contributed by atoms with Gasteiger partial charge in [-0.3, -0.25) is 13.8 Å². The molecule has 1 saturated carbocycles. The number of nitrogens with zero attached hydrogens (tertiary/aromatic N) is 2. The molecule has 38 heavy (non-hydrogen) atoms. The van der Waals surface area contributed by atoms with Crippen LogP contribution in [0.5, 0.6) is 0 Å². The van der Waals surface area contributed by atoms with Gasteiger partial charge in [0.25, 0.3) is 0 Å². The van der Waals surface area contributed by atoms with Gasteiger partial charge in [-0.25, -0.2) is 4.31 Å². The second-order valence-corrected chi connectivity index (χ2v) is 12.6. The third kappa shape index (κ3) is 6.59. The first kappa shape index (κ1) is 29.0. The van der Waals surface area contributed by atoms with Crippen molar-refractivity contribution in [3.8, 4) is 0 Å². The molecular formula is C28H33Cl2N2O5S-. The van der Waals surface area contributed by atoms with Crippen LogP contribution in [-0.4, -0.2) is 54.1 Å². The molecule has 7 nitrogen and oxygen atoms in total. The smallest absolute Gasteiger partial charge is 0.304 e. The summed E-state index contributed by atoms with van der Waals surface area (Å²) < 4.78 is 25.8. The average molecular weight is 581 g/mol. The van der Waals surface area contributed by atoms with Crippen molar-refractivity contribution in [2.45, 2.75) is 64.0 Å². The molecule has 2 aromatic carbocycles. The highest BCUT2D eigenvalue weighted by Gasteiger charge is 2.52. The molecule has 1 aliphatic carbocycles. The molecule has 206 valence electrons. The average Bonchev–Trinajstić information content (AvgIpc) is 3.68. The number of likely N-dealkylation sites (tertiary alicyclic amines) is 1. The number of piperidine rings is 1. The van der Waals surface area contributed by atoms with Crippen LogP contribution in [0.25, 0.3) is 0 Å². The quantitative estimate of drug-likeness (QED) is 0.338. The van der Waals surface area contributed by atoms with Crippen molar-refractivity contribution in [1.29, 1.82) is 0 Å². The summed E-state index contributed by atoms with van der Waals surface area (Å²) in [4.78, 5) is 28.0. The molecule has 10 heteroatoms. The zero-order valence-electron chi connectivity index (χ0n) is 21.5. The van der Waals surface area contributed by atoms with E-state index in [9.17, 15) is 23.5 Å². The van der Waals surface area contributed by atoms with Crippen LogP contribution in [0.15, 0.2) is 48.5 Å². The minimum atomic E-state index is -2.44. The zero-order valence-corrected chi connectivity index (χ0v) is 23.8. The predicted molar refractivity (Wildman–Crippen MR) is 148 cm³/mol. The lowest BCUT2D eigenvalue weighted by Crippen LogP contribution is -2.58. The number of carboxylic acid groups (broad SMARTS) is 1. The fourth-order valence-electron chi connectivity index (χ4n) is 5.71. The number of hydrogen-bond donors (Lipinski definition) is 1. The summed E-state index contributed by atoms with van der Waals surface area (Å²) in [5.41, 5.74) is 0.553. The molecule has 1 heterocycles. The molecule has 1 N–H and O–H groups in total. The van der Waals surface area contributed by atoms with Crippen LogP contribution in [0.2, 0.25) is 10.0 Å². The number of carbonyl (C=O) groups is 2. The van der Waals surface area contributed by atoms with E-state index >= 15 is 0 Å². The van der Waals surface area contributed by atoms with Crippen LogP contribution in [0.4, 0.5) is 0 Å². The van der Waals surface area contributed by atoms with E-state index in [0.29, 0.717) is 35.3 Å². The summed E-state index contributed by atoms with van der Waals surface area (Å²) in [5, 5.41) is 10.9. The molecule has 2 aliphatic rings. The maximum atomic E-state index is 14.3. The van der Waals surface area contributed by atoms with Gasteiger partial charge in [-0.2, -0.15) is 0 Å². The van der Waals surface area contributed by atoms with Gasteiger partial charge in [-0.15, -0.1) is 0 Å². The van der Waals surface area contributed by atoms with Gasteiger partial charge in [-0.1, -0.05) is 61.3 Å². The highest BCUT2D eigenvalue weighted by molar-refractivity contribution is 7.76. The lowest BCUT2D eigenvalue weighted by atomic mass is 9.67. The number of rotatable bonds is 11. The standard InChI is InChI=1S/C28H34Cl2N2O5S/c1-3-23(17-31(38(36)37)16-18-7-8-18)32-26(19-9-11-21(29)12-10-19)24(20-5-4-6-22(30)13-20)14-28(2,27(32)35)15-25(33)34/h4-6,9-13,18,23-24,26H,3,7-8,14-17H2,1-2H3,(H,33,34)(H,36,37)/p-1/t23-,24+,26+,28-/m0/s1. The Kier molecular flexibility index (Phi) is 9.20. The molecule has 2 fully saturated rings. The van der Waals surface area contributed by atoms with Gasteiger partial charge in [0.05, 0.1) is 17.9 Å². The Morgan fingerprint density at radius 3 is 2.42 bits per heavy atom.